The molecule has 0 saturated carbocycles. The van der Waals surface area contributed by atoms with Gasteiger partial charge < -0.3 is 21.5 Å². The molecule has 5 N–H and O–H groups in total. The average Bonchev–Trinajstić information content (AvgIpc) is 3.07. The highest BCUT2D eigenvalue weighted by atomic mass is 32.1. The van der Waals surface area contributed by atoms with Gasteiger partial charge in [-0.15, -0.1) is 0 Å². The van der Waals surface area contributed by atoms with Gasteiger partial charge in [-0.25, -0.2) is 4.98 Å². The second-order valence-electron chi connectivity index (χ2n) is 5.83. The highest BCUT2D eigenvalue weighted by molar-refractivity contribution is 7.20. The first-order valence-electron chi connectivity index (χ1n) is 8.54. The molecule has 0 fully saturated rings. The van der Waals surface area contributed by atoms with E-state index in [2.05, 4.69) is 27.5 Å². The molecule has 0 spiro atoms. The summed E-state index contributed by atoms with van der Waals surface area (Å²) in [6, 6.07) is 13.8. The molecule has 7 nitrogen and oxygen atoms in total. The van der Waals surface area contributed by atoms with Crippen molar-refractivity contribution in [2.75, 3.05) is 17.2 Å². The molecule has 1 aromatic heterocycles. The third-order valence-corrected chi connectivity index (χ3v) is 4.64. The van der Waals surface area contributed by atoms with Crippen LogP contribution in [0.1, 0.15) is 23.3 Å². The second-order valence-corrected chi connectivity index (χ2v) is 6.83. The minimum Gasteiger partial charge on any atom is -0.396 e. The number of anilines is 3. The van der Waals surface area contributed by atoms with Gasteiger partial charge in [0.1, 0.15) is 5.00 Å². The lowest BCUT2D eigenvalue weighted by atomic mass is 10.1. The van der Waals surface area contributed by atoms with Crippen LogP contribution in [-0.4, -0.2) is 28.5 Å². The molecule has 0 aliphatic heterocycles. The summed E-state index contributed by atoms with van der Waals surface area (Å²) in [5.41, 5.74) is 6.14. The summed E-state index contributed by atoms with van der Waals surface area (Å²) in [6.45, 7) is 0.0147. The Hall–Kier alpha value is -3.41. The molecule has 28 heavy (non-hydrogen) atoms. The largest absolute Gasteiger partial charge is 0.396 e. The van der Waals surface area contributed by atoms with Crippen LogP contribution >= 0.6 is 11.3 Å². The number of hydrogen-bond donors (Lipinski definition) is 4. The third-order valence-electron chi connectivity index (χ3n) is 3.75. The Labute approximate surface area is 165 Å². The van der Waals surface area contributed by atoms with Crippen LogP contribution in [0.3, 0.4) is 0 Å². The van der Waals surface area contributed by atoms with Crippen molar-refractivity contribution in [3.05, 3.63) is 48.2 Å². The number of carbonyl (C=O) groups is 2. The molecule has 3 aromatic rings. The van der Waals surface area contributed by atoms with Gasteiger partial charge in [0, 0.05) is 18.7 Å². The summed E-state index contributed by atoms with van der Waals surface area (Å²) in [7, 11) is 0. The number of primary amides is 1. The molecular weight excluding hydrogens is 376 g/mol. The van der Waals surface area contributed by atoms with Crippen molar-refractivity contribution in [2.24, 2.45) is 5.73 Å². The Morgan fingerprint density at radius 1 is 1.18 bits per heavy atom. The van der Waals surface area contributed by atoms with E-state index in [0.717, 1.165) is 27.8 Å². The predicted molar refractivity (Wildman–Crippen MR) is 111 cm³/mol. The molecule has 3 rings (SSSR count). The van der Waals surface area contributed by atoms with Gasteiger partial charge in [0.05, 0.1) is 0 Å². The van der Waals surface area contributed by atoms with Crippen LogP contribution in [0, 0.1) is 11.8 Å². The number of rotatable bonds is 6. The molecule has 0 saturated heterocycles. The van der Waals surface area contributed by atoms with Crippen LogP contribution in [0.25, 0.3) is 10.8 Å². The van der Waals surface area contributed by atoms with E-state index in [-0.39, 0.29) is 17.3 Å². The summed E-state index contributed by atoms with van der Waals surface area (Å²) in [6.07, 6.45) is 0.900. The summed E-state index contributed by atoms with van der Waals surface area (Å²) < 4.78 is 0. The lowest BCUT2D eigenvalue weighted by molar-refractivity contribution is -0.111. The molecule has 0 aliphatic carbocycles. The SMILES string of the molecule is NC(=O)c1nc(Nc2ccc3ccccc3c2)sc1NC(=O)C#CCCCO. The van der Waals surface area contributed by atoms with Crippen molar-refractivity contribution < 1.29 is 14.7 Å². The summed E-state index contributed by atoms with van der Waals surface area (Å²) in [4.78, 5) is 27.8. The molecule has 8 heteroatoms. The fraction of sp³-hybridized carbons (Fsp3) is 0.150. The maximum atomic E-state index is 11.9. The highest BCUT2D eigenvalue weighted by Gasteiger charge is 2.17. The highest BCUT2D eigenvalue weighted by Crippen LogP contribution is 2.31. The first kappa shape index (κ1) is 19.4. The Bertz CT molecular complexity index is 1080. The number of hydrogen-bond acceptors (Lipinski definition) is 6. The van der Waals surface area contributed by atoms with Gasteiger partial charge in [0.25, 0.3) is 5.91 Å². The van der Waals surface area contributed by atoms with Gasteiger partial charge in [-0.1, -0.05) is 47.6 Å². The number of carbonyl (C=O) groups excluding carboxylic acids is 2. The van der Waals surface area contributed by atoms with Gasteiger partial charge in [0.15, 0.2) is 10.8 Å². The van der Waals surface area contributed by atoms with Crippen LogP contribution in [0.15, 0.2) is 42.5 Å². The first-order chi connectivity index (χ1) is 13.6. The predicted octanol–water partition coefficient (Wildman–Crippen LogP) is 2.85. The molecular formula is C20H18N4O3S. The van der Waals surface area contributed by atoms with Crippen LogP contribution in [0.2, 0.25) is 0 Å². The standard InChI is InChI=1S/C20H18N4O3S/c21-18(27)17-19(23-16(26)8-2-1-5-11-25)28-20(24-17)22-15-10-9-13-6-3-4-7-14(13)12-15/h3-4,6-7,9-10,12,25H,1,5,11H2,(H2,21,27)(H,22,24)(H,23,26). The van der Waals surface area contributed by atoms with E-state index in [1.807, 2.05) is 42.5 Å². The van der Waals surface area contributed by atoms with Crippen molar-refractivity contribution in [1.82, 2.24) is 4.98 Å². The van der Waals surface area contributed by atoms with Gasteiger partial charge in [-0.3, -0.25) is 9.59 Å². The van der Waals surface area contributed by atoms with E-state index in [4.69, 9.17) is 10.8 Å². The van der Waals surface area contributed by atoms with E-state index < -0.39 is 11.8 Å². The average molecular weight is 394 g/mol. The molecule has 0 unspecified atom stereocenters. The number of nitrogens with two attached hydrogens (primary N) is 1. The van der Waals surface area contributed by atoms with Gasteiger partial charge in [0.2, 0.25) is 0 Å². The van der Waals surface area contributed by atoms with Crippen molar-refractivity contribution in [3.8, 4) is 11.8 Å². The number of aliphatic hydroxyl groups is 1. The van der Waals surface area contributed by atoms with Crippen LogP contribution in [0.4, 0.5) is 15.8 Å². The topological polar surface area (TPSA) is 117 Å². The van der Waals surface area contributed by atoms with Gasteiger partial charge in [-0.05, 0) is 35.2 Å². The monoisotopic (exact) mass is 394 g/mol. The van der Waals surface area contributed by atoms with Crippen molar-refractivity contribution in [3.63, 3.8) is 0 Å². The lowest BCUT2D eigenvalue weighted by Crippen LogP contribution is -2.16. The number of fused-ring (bicyclic) bond motifs is 1. The van der Waals surface area contributed by atoms with E-state index in [0.29, 0.717) is 18.0 Å². The maximum absolute atomic E-state index is 11.9. The number of benzene rings is 2. The van der Waals surface area contributed by atoms with Gasteiger partial charge in [-0.2, -0.15) is 0 Å². The van der Waals surface area contributed by atoms with E-state index in [1.54, 1.807) is 0 Å². The Kier molecular flexibility index (Phi) is 6.22. The van der Waals surface area contributed by atoms with Crippen molar-refractivity contribution in [1.29, 1.82) is 0 Å². The number of nitrogens with one attached hydrogen (secondary N) is 2. The Balaban J connectivity index is 1.78. The number of unbranched alkanes of at least 4 members (excludes halogenated alkanes) is 1. The zero-order valence-corrected chi connectivity index (χ0v) is 15.7. The number of aromatic nitrogens is 1. The molecule has 1 heterocycles. The van der Waals surface area contributed by atoms with Crippen LogP contribution in [-0.2, 0) is 4.79 Å². The number of amides is 2. The molecule has 0 atom stereocenters. The maximum Gasteiger partial charge on any atom is 0.300 e. The zero-order chi connectivity index (χ0) is 19.9. The number of nitrogens with zero attached hydrogens (tertiary/aromatic N) is 1. The molecule has 2 amide bonds. The molecule has 2 aromatic carbocycles. The summed E-state index contributed by atoms with van der Waals surface area (Å²) in [5.74, 6) is 3.74. The van der Waals surface area contributed by atoms with Gasteiger partial charge >= 0.3 is 5.91 Å². The number of thiazole rings is 1. The Morgan fingerprint density at radius 2 is 1.96 bits per heavy atom. The Morgan fingerprint density at radius 3 is 2.71 bits per heavy atom. The molecule has 0 bridgehead atoms. The van der Waals surface area contributed by atoms with Crippen molar-refractivity contribution in [2.45, 2.75) is 12.8 Å². The minimum atomic E-state index is -0.744. The fourth-order valence-corrected chi connectivity index (χ4v) is 3.35. The molecule has 142 valence electrons. The summed E-state index contributed by atoms with van der Waals surface area (Å²) >= 11 is 1.10. The second kappa shape index (κ2) is 8.99. The normalized spacial score (nSPS) is 10.2. The first-order valence-corrected chi connectivity index (χ1v) is 9.35. The molecule has 0 radical (unpaired) electrons. The van der Waals surface area contributed by atoms with E-state index in [1.165, 1.54) is 0 Å². The van der Waals surface area contributed by atoms with E-state index in [9.17, 15) is 9.59 Å². The fourth-order valence-electron chi connectivity index (χ4n) is 2.46. The third kappa shape index (κ3) is 4.85. The minimum absolute atomic E-state index is 0.0147. The lowest BCUT2D eigenvalue weighted by Gasteiger charge is -2.04. The number of aliphatic hydroxyl groups excluding tert-OH is 1. The smallest absolute Gasteiger partial charge is 0.300 e. The van der Waals surface area contributed by atoms with Crippen LogP contribution in [0.5, 0.6) is 0 Å². The zero-order valence-electron chi connectivity index (χ0n) is 14.9. The van der Waals surface area contributed by atoms with Crippen molar-refractivity contribution >= 4 is 49.7 Å². The van der Waals surface area contributed by atoms with E-state index >= 15 is 0 Å². The molecule has 0 aliphatic rings. The quantitative estimate of drug-likeness (QED) is 0.379. The summed E-state index contributed by atoms with van der Waals surface area (Å²) in [5, 5.41) is 17.2. The van der Waals surface area contributed by atoms with Crippen LogP contribution < -0.4 is 16.4 Å².